The molecule has 0 bridgehead atoms. The fraction of sp³-hybridized carbons (Fsp3) is 0.800. The Balaban J connectivity index is 2.21. The number of carboxylic acids is 1. The molecule has 0 atom stereocenters. The molecule has 21 heavy (non-hydrogen) atoms. The van der Waals surface area contributed by atoms with Crippen molar-refractivity contribution in [2.24, 2.45) is 17.8 Å². The van der Waals surface area contributed by atoms with Crippen LogP contribution in [0, 0.1) is 17.8 Å². The van der Waals surface area contributed by atoms with Crippen molar-refractivity contribution in [2.45, 2.75) is 58.2 Å². The van der Waals surface area contributed by atoms with E-state index in [2.05, 4.69) is 42.5 Å². The Labute approximate surface area is 130 Å². The van der Waals surface area contributed by atoms with E-state index < -0.39 is 5.97 Å². The Morgan fingerprint density at radius 2 is 1.90 bits per heavy atom. The van der Waals surface area contributed by atoms with Gasteiger partial charge in [-0.25, -0.2) is 0 Å². The lowest BCUT2D eigenvalue weighted by atomic mass is 9.85. The van der Waals surface area contributed by atoms with E-state index in [4.69, 9.17) is 5.11 Å². The van der Waals surface area contributed by atoms with Crippen molar-refractivity contribution in [2.75, 3.05) is 5.75 Å². The number of rotatable bonds is 8. The zero-order valence-corrected chi connectivity index (χ0v) is 14.1. The van der Waals surface area contributed by atoms with Gasteiger partial charge < -0.3 is 9.67 Å². The second-order valence-electron chi connectivity index (χ2n) is 6.56. The first-order valence-corrected chi connectivity index (χ1v) is 8.66. The molecule has 1 saturated carbocycles. The molecule has 118 valence electrons. The quantitative estimate of drug-likeness (QED) is 0.746. The fourth-order valence-electron chi connectivity index (χ4n) is 2.75. The Morgan fingerprint density at radius 3 is 2.38 bits per heavy atom. The van der Waals surface area contributed by atoms with Crippen LogP contribution in [-0.2, 0) is 11.3 Å². The molecule has 0 saturated heterocycles. The van der Waals surface area contributed by atoms with E-state index in [1.54, 1.807) is 0 Å². The molecule has 0 unspecified atom stereocenters. The van der Waals surface area contributed by atoms with Crippen LogP contribution in [0.2, 0.25) is 0 Å². The summed E-state index contributed by atoms with van der Waals surface area (Å²) in [6.45, 7) is 9.87. The molecule has 0 aromatic carbocycles. The minimum Gasteiger partial charge on any atom is -0.481 e. The van der Waals surface area contributed by atoms with E-state index in [1.807, 2.05) is 0 Å². The molecule has 0 radical (unpaired) electrons. The van der Waals surface area contributed by atoms with Gasteiger partial charge in [0.2, 0.25) is 0 Å². The van der Waals surface area contributed by atoms with Gasteiger partial charge in [-0.3, -0.25) is 4.79 Å². The first kappa shape index (κ1) is 16.3. The van der Waals surface area contributed by atoms with E-state index in [-0.39, 0.29) is 5.75 Å². The van der Waals surface area contributed by atoms with Crippen molar-refractivity contribution >= 4 is 17.7 Å². The van der Waals surface area contributed by atoms with Crippen molar-refractivity contribution in [3.05, 3.63) is 5.82 Å². The highest BCUT2D eigenvalue weighted by Gasteiger charge is 2.32. The van der Waals surface area contributed by atoms with Crippen LogP contribution in [0.25, 0.3) is 0 Å². The second kappa shape index (κ2) is 6.81. The van der Waals surface area contributed by atoms with E-state index >= 15 is 0 Å². The topological polar surface area (TPSA) is 68.0 Å². The normalized spacial score (nSPS) is 15.4. The second-order valence-corrected chi connectivity index (χ2v) is 7.50. The third-order valence-corrected chi connectivity index (χ3v) is 5.07. The van der Waals surface area contributed by atoms with E-state index in [0.29, 0.717) is 23.7 Å². The summed E-state index contributed by atoms with van der Waals surface area (Å²) >= 11 is 1.28. The van der Waals surface area contributed by atoms with Crippen LogP contribution < -0.4 is 0 Å². The number of aromatic nitrogens is 3. The lowest BCUT2D eigenvalue weighted by Crippen LogP contribution is -2.23. The largest absolute Gasteiger partial charge is 0.481 e. The molecule has 1 aromatic heterocycles. The number of carboxylic acid groups (broad SMARTS) is 1. The van der Waals surface area contributed by atoms with E-state index in [1.165, 1.54) is 24.6 Å². The molecule has 6 heteroatoms. The van der Waals surface area contributed by atoms with Crippen LogP contribution in [0.5, 0.6) is 0 Å². The fourth-order valence-corrected chi connectivity index (χ4v) is 3.43. The SMILES string of the molecule is CC(C)C(Cn1c(SCC(=O)O)nnc1C1CC1)C(C)C. The van der Waals surface area contributed by atoms with Crippen LogP contribution in [0.1, 0.15) is 52.3 Å². The minimum atomic E-state index is -0.813. The first-order valence-electron chi connectivity index (χ1n) is 7.67. The number of nitrogens with zero attached hydrogens (tertiary/aromatic N) is 3. The summed E-state index contributed by atoms with van der Waals surface area (Å²) in [5.41, 5.74) is 0. The van der Waals surface area contributed by atoms with Crippen LogP contribution in [0.4, 0.5) is 0 Å². The lowest BCUT2D eigenvalue weighted by Gasteiger charge is -2.26. The standard InChI is InChI=1S/C15H25N3O2S/c1-9(2)12(10(3)4)7-18-14(11-5-6-11)16-17-15(18)21-8-13(19)20/h9-12H,5-8H2,1-4H3,(H,19,20). The summed E-state index contributed by atoms with van der Waals surface area (Å²) in [5.74, 6) is 2.51. The molecule has 0 amide bonds. The van der Waals surface area contributed by atoms with Crippen LogP contribution in [0.15, 0.2) is 5.16 Å². The van der Waals surface area contributed by atoms with Crippen LogP contribution in [-0.4, -0.2) is 31.6 Å². The Morgan fingerprint density at radius 1 is 1.29 bits per heavy atom. The third-order valence-electron chi connectivity index (χ3n) is 4.12. The van der Waals surface area contributed by atoms with Crippen molar-refractivity contribution < 1.29 is 9.90 Å². The maximum atomic E-state index is 10.8. The van der Waals surface area contributed by atoms with Gasteiger partial charge in [0.15, 0.2) is 5.16 Å². The van der Waals surface area contributed by atoms with Gasteiger partial charge in [0.1, 0.15) is 5.82 Å². The predicted molar refractivity (Wildman–Crippen MR) is 83.5 cm³/mol. The van der Waals surface area contributed by atoms with E-state index in [9.17, 15) is 4.79 Å². The van der Waals surface area contributed by atoms with Gasteiger partial charge in [-0.2, -0.15) is 0 Å². The number of hydrogen-bond acceptors (Lipinski definition) is 4. The number of aliphatic carboxylic acids is 1. The monoisotopic (exact) mass is 311 g/mol. The minimum absolute atomic E-state index is 0.0385. The highest BCUT2D eigenvalue weighted by molar-refractivity contribution is 7.99. The molecule has 1 fully saturated rings. The van der Waals surface area contributed by atoms with Gasteiger partial charge in [-0.15, -0.1) is 10.2 Å². The molecule has 1 heterocycles. The molecular formula is C15H25N3O2S. The molecular weight excluding hydrogens is 286 g/mol. The molecule has 1 N–H and O–H groups in total. The molecule has 1 aliphatic carbocycles. The van der Waals surface area contributed by atoms with Gasteiger partial charge >= 0.3 is 5.97 Å². The zero-order chi connectivity index (χ0) is 15.6. The van der Waals surface area contributed by atoms with E-state index in [0.717, 1.165) is 17.5 Å². The Hall–Kier alpha value is -1.04. The Kier molecular flexibility index (Phi) is 5.30. The summed E-state index contributed by atoms with van der Waals surface area (Å²) < 4.78 is 2.18. The summed E-state index contributed by atoms with van der Waals surface area (Å²) in [6.07, 6.45) is 2.35. The average molecular weight is 311 g/mol. The van der Waals surface area contributed by atoms with Gasteiger partial charge in [-0.05, 0) is 30.6 Å². The summed E-state index contributed by atoms with van der Waals surface area (Å²) in [5, 5.41) is 18.2. The van der Waals surface area contributed by atoms with Crippen molar-refractivity contribution in [1.29, 1.82) is 0 Å². The van der Waals surface area contributed by atoms with Crippen LogP contribution >= 0.6 is 11.8 Å². The lowest BCUT2D eigenvalue weighted by molar-refractivity contribution is -0.133. The number of hydrogen-bond donors (Lipinski definition) is 1. The van der Waals surface area contributed by atoms with Crippen molar-refractivity contribution in [3.8, 4) is 0 Å². The average Bonchev–Trinajstić information content (AvgIpc) is 3.14. The highest BCUT2D eigenvalue weighted by Crippen LogP contribution is 2.40. The summed E-state index contributed by atoms with van der Waals surface area (Å²) in [6, 6.07) is 0. The molecule has 2 rings (SSSR count). The maximum Gasteiger partial charge on any atom is 0.313 e. The summed E-state index contributed by atoms with van der Waals surface area (Å²) in [7, 11) is 0. The number of thioether (sulfide) groups is 1. The van der Waals surface area contributed by atoms with Gasteiger partial charge in [0.25, 0.3) is 0 Å². The van der Waals surface area contributed by atoms with Gasteiger partial charge in [0.05, 0.1) is 5.75 Å². The molecule has 0 aliphatic heterocycles. The maximum absolute atomic E-state index is 10.8. The Bertz CT molecular complexity index is 487. The molecule has 1 aromatic rings. The van der Waals surface area contributed by atoms with Crippen LogP contribution in [0.3, 0.4) is 0 Å². The van der Waals surface area contributed by atoms with Crippen molar-refractivity contribution in [1.82, 2.24) is 14.8 Å². The molecule has 5 nitrogen and oxygen atoms in total. The predicted octanol–water partition coefficient (Wildman–Crippen LogP) is 3.26. The highest BCUT2D eigenvalue weighted by atomic mass is 32.2. The zero-order valence-electron chi connectivity index (χ0n) is 13.2. The smallest absolute Gasteiger partial charge is 0.313 e. The molecule has 0 spiro atoms. The number of carbonyl (C=O) groups is 1. The first-order chi connectivity index (χ1) is 9.90. The van der Waals surface area contributed by atoms with Crippen molar-refractivity contribution in [3.63, 3.8) is 0 Å². The summed E-state index contributed by atoms with van der Waals surface area (Å²) in [4.78, 5) is 10.8. The van der Waals surface area contributed by atoms with Gasteiger partial charge in [-0.1, -0.05) is 39.5 Å². The molecule has 1 aliphatic rings. The third kappa shape index (κ3) is 4.22. The van der Waals surface area contributed by atoms with Gasteiger partial charge in [0, 0.05) is 12.5 Å².